The molecule has 2 aromatic rings. The van der Waals surface area contributed by atoms with E-state index in [4.69, 9.17) is 15.2 Å². The third-order valence-corrected chi connectivity index (χ3v) is 5.55. The van der Waals surface area contributed by atoms with Gasteiger partial charge in [0.1, 0.15) is 29.2 Å². The fourth-order valence-electron chi connectivity index (χ4n) is 3.87. The molecule has 0 saturated heterocycles. The van der Waals surface area contributed by atoms with Crippen molar-refractivity contribution in [2.75, 3.05) is 12.4 Å². The number of benzene rings is 2. The van der Waals surface area contributed by atoms with E-state index in [-0.39, 0.29) is 18.6 Å². The second-order valence-corrected chi connectivity index (χ2v) is 10.3. The Balaban J connectivity index is 2.50. The number of anilines is 1. The summed E-state index contributed by atoms with van der Waals surface area (Å²) in [6.45, 7) is 8.46. The van der Waals surface area contributed by atoms with E-state index >= 15 is 0 Å². The summed E-state index contributed by atoms with van der Waals surface area (Å²) in [4.78, 5) is 53.1. The lowest BCUT2D eigenvalue weighted by Gasteiger charge is -2.37. The summed E-state index contributed by atoms with van der Waals surface area (Å²) in [5.41, 5.74) is 5.29. The molecule has 212 valence electrons. The number of nitrogens with one attached hydrogen (secondary N) is 2. The van der Waals surface area contributed by atoms with E-state index in [0.29, 0.717) is 17.0 Å². The third kappa shape index (κ3) is 9.51. The van der Waals surface area contributed by atoms with E-state index in [1.165, 1.54) is 24.1 Å². The minimum atomic E-state index is -1.22. The summed E-state index contributed by atoms with van der Waals surface area (Å²) in [7, 11) is 1.53. The van der Waals surface area contributed by atoms with Crippen molar-refractivity contribution >= 4 is 29.5 Å². The fraction of sp³-hybridized carbons (Fsp3) is 0.429. The number of carbonyl (C=O) groups is 4. The molecule has 0 aliphatic rings. The molecule has 0 bridgehead atoms. The molecule has 2 rings (SSSR count). The normalized spacial score (nSPS) is 12.7. The second kappa shape index (κ2) is 13.5. The number of nitrogens with two attached hydrogens (primary N) is 1. The number of phenols is 1. The highest BCUT2D eigenvalue weighted by molar-refractivity contribution is 5.99. The van der Waals surface area contributed by atoms with Crippen LogP contribution < -0.4 is 21.1 Å². The van der Waals surface area contributed by atoms with Crippen LogP contribution in [0.15, 0.2) is 48.5 Å². The minimum Gasteiger partial charge on any atom is -0.508 e. The van der Waals surface area contributed by atoms with Crippen LogP contribution in [0.25, 0.3) is 0 Å². The van der Waals surface area contributed by atoms with E-state index in [1.807, 2.05) is 0 Å². The quantitative estimate of drug-likeness (QED) is 0.338. The van der Waals surface area contributed by atoms with Gasteiger partial charge in [-0.2, -0.15) is 0 Å². The number of nitrogens with zero attached hydrogens (tertiary/aromatic N) is 1. The Kier molecular flexibility index (Phi) is 10.7. The summed E-state index contributed by atoms with van der Waals surface area (Å²) in [5.74, 6) is -1.34. The van der Waals surface area contributed by atoms with Crippen molar-refractivity contribution in [1.82, 2.24) is 10.2 Å². The Labute approximate surface area is 228 Å². The lowest BCUT2D eigenvalue weighted by atomic mass is 9.99. The van der Waals surface area contributed by atoms with Gasteiger partial charge in [-0.05, 0) is 83.0 Å². The molecule has 0 aliphatic carbocycles. The van der Waals surface area contributed by atoms with Gasteiger partial charge in [-0.1, -0.05) is 12.1 Å². The van der Waals surface area contributed by atoms with Gasteiger partial charge in [0.05, 0.1) is 7.11 Å². The highest BCUT2D eigenvalue weighted by atomic mass is 16.6. The SMILES string of the molecule is COc1ccc(NC(=O)C(c2cccc(O)c2)N(C(=O)C(CCC(N)=O)NC(=O)OC(C)(C)C)C(C)C)cc1. The first kappa shape index (κ1) is 30.9. The number of aromatic hydroxyl groups is 1. The average Bonchev–Trinajstić information content (AvgIpc) is 2.83. The first-order chi connectivity index (χ1) is 18.2. The fourth-order valence-corrected chi connectivity index (χ4v) is 3.87. The van der Waals surface area contributed by atoms with Crippen molar-refractivity contribution in [3.8, 4) is 11.5 Å². The molecule has 11 nitrogen and oxygen atoms in total. The van der Waals surface area contributed by atoms with E-state index in [1.54, 1.807) is 71.0 Å². The molecule has 39 heavy (non-hydrogen) atoms. The third-order valence-electron chi connectivity index (χ3n) is 5.55. The van der Waals surface area contributed by atoms with Crippen LogP contribution in [-0.2, 0) is 19.1 Å². The number of hydrogen-bond donors (Lipinski definition) is 4. The zero-order valence-electron chi connectivity index (χ0n) is 23.2. The smallest absolute Gasteiger partial charge is 0.408 e. The predicted octanol–water partition coefficient (Wildman–Crippen LogP) is 3.48. The monoisotopic (exact) mass is 542 g/mol. The highest BCUT2D eigenvalue weighted by Crippen LogP contribution is 2.29. The van der Waals surface area contributed by atoms with Crippen LogP contribution in [0.3, 0.4) is 0 Å². The number of hydrogen-bond acceptors (Lipinski definition) is 7. The van der Waals surface area contributed by atoms with Crippen LogP contribution in [0, 0.1) is 0 Å². The van der Waals surface area contributed by atoms with E-state index in [2.05, 4.69) is 10.6 Å². The molecule has 0 aliphatic heterocycles. The van der Waals surface area contributed by atoms with Crippen LogP contribution in [0.2, 0.25) is 0 Å². The van der Waals surface area contributed by atoms with E-state index < -0.39 is 47.5 Å². The van der Waals surface area contributed by atoms with Gasteiger partial charge in [-0.25, -0.2) is 4.79 Å². The van der Waals surface area contributed by atoms with Crippen LogP contribution in [0.5, 0.6) is 11.5 Å². The van der Waals surface area contributed by atoms with Gasteiger partial charge >= 0.3 is 6.09 Å². The van der Waals surface area contributed by atoms with Crippen molar-refractivity contribution in [2.45, 2.75) is 71.2 Å². The zero-order chi connectivity index (χ0) is 29.3. The van der Waals surface area contributed by atoms with Crippen molar-refractivity contribution in [1.29, 1.82) is 0 Å². The number of carbonyl (C=O) groups excluding carboxylic acids is 4. The van der Waals surface area contributed by atoms with Crippen LogP contribution in [0.1, 0.15) is 59.1 Å². The summed E-state index contributed by atoms with van der Waals surface area (Å²) in [5, 5.41) is 15.5. The largest absolute Gasteiger partial charge is 0.508 e. The molecule has 2 atom stereocenters. The topological polar surface area (TPSA) is 160 Å². The summed E-state index contributed by atoms with van der Waals surface area (Å²) >= 11 is 0. The Hall–Kier alpha value is -4.28. The Bertz CT molecular complexity index is 1160. The Morgan fingerprint density at radius 2 is 1.69 bits per heavy atom. The Morgan fingerprint density at radius 3 is 2.21 bits per heavy atom. The van der Waals surface area contributed by atoms with Gasteiger partial charge in [0.2, 0.25) is 11.8 Å². The molecular formula is C28H38N4O7. The molecule has 4 amide bonds. The van der Waals surface area contributed by atoms with Crippen LogP contribution in [0.4, 0.5) is 10.5 Å². The molecule has 0 saturated carbocycles. The first-order valence-electron chi connectivity index (χ1n) is 12.6. The molecule has 2 aromatic carbocycles. The van der Waals surface area contributed by atoms with Crippen molar-refractivity contribution in [3.63, 3.8) is 0 Å². The maximum Gasteiger partial charge on any atom is 0.408 e. The lowest BCUT2D eigenvalue weighted by Crippen LogP contribution is -2.54. The molecule has 0 aromatic heterocycles. The number of rotatable bonds is 11. The molecule has 0 spiro atoms. The molecule has 5 N–H and O–H groups in total. The lowest BCUT2D eigenvalue weighted by molar-refractivity contribution is -0.143. The first-order valence-corrected chi connectivity index (χ1v) is 12.6. The van der Waals surface area contributed by atoms with Crippen molar-refractivity contribution in [2.24, 2.45) is 5.73 Å². The number of amides is 4. The van der Waals surface area contributed by atoms with E-state index in [9.17, 15) is 24.3 Å². The van der Waals surface area contributed by atoms with E-state index in [0.717, 1.165) is 0 Å². The minimum absolute atomic E-state index is 0.0944. The summed E-state index contributed by atoms with van der Waals surface area (Å²) in [6, 6.07) is 9.70. The van der Waals surface area contributed by atoms with Gasteiger partial charge < -0.3 is 35.8 Å². The maximum absolute atomic E-state index is 14.0. The number of methoxy groups -OCH3 is 1. The number of phenolic OH excluding ortho intramolecular Hbond substituents is 1. The maximum atomic E-state index is 14.0. The molecule has 0 fully saturated rings. The van der Waals surface area contributed by atoms with Gasteiger partial charge in [-0.15, -0.1) is 0 Å². The predicted molar refractivity (Wildman–Crippen MR) is 146 cm³/mol. The van der Waals surface area contributed by atoms with Crippen LogP contribution in [-0.4, -0.2) is 58.6 Å². The molecule has 0 radical (unpaired) electrons. The zero-order valence-corrected chi connectivity index (χ0v) is 23.2. The van der Waals surface area contributed by atoms with Gasteiger partial charge in [0.15, 0.2) is 0 Å². The van der Waals surface area contributed by atoms with Gasteiger partial charge in [-0.3, -0.25) is 14.4 Å². The average molecular weight is 543 g/mol. The summed E-state index contributed by atoms with van der Waals surface area (Å²) < 4.78 is 10.5. The van der Waals surface area contributed by atoms with Gasteiger partial charge in [0.25, 0.3) is 5.91 Å². The molecule has 2 unspecified atom stereocenters. The number of ether oxygens (including phenoxy) is 2. The number of alkyl carbamates (subject to hydrolysis) is 1. The Morgan fingerprint density at radius 1 is 1.05 bits per heavy atom. The van der Waals surface area contributed by atoms with Crippen LogP contribution >= 0.6 is 0 Å². The summed E-state index contributed by atoms with van der Waals surface area (Å²) in [6.07, 6.45) is -1.15. The highest BCUT2D eigenvalue weighted by Gasteiger charge is 2.38. The second-order valence-electron chi connectivity index (χ2n) is 10.3. The molecule has 0 heterocycles. The molecular weight excluding hydrogens is 504 g/mol. The number of primary amides is 1. The van der Waals surface area contributed by atoms with Crippen molar-refractivity contribution in [3.05, 3.63) is 54.1 Å². The molecule has 11 heteroatoms. The van der Waals surface area contributed by atoms with Gasteiger partial charge in [0, 0.05) is 18.2 Å². The van der Waals surface area contributed by atoms with Crippen molar-refractivity contribution < 1.29 is 33.8 Å². The standard InChI is InChI=1S/C28H38N4O7/c1-17(2)32(26(36)22(14-15-23(29)34)31-27(37)39-28(3,4)5)24(18-8-7-9-20(33)16-18)25(35)30-19-10-12-21(38-6)13-11-19/h7-13,16-17,22,24,33H,14-15H2,1-6H3,(H2,29,34)(H,30,35)(H,31,37).